The molecule has 1 aromatic carbocycles. The lowest BCUT2D eigenvalue weighted by Crippen LogP contribution is -2.48. The molecule has 1 heterocycles. The van der Waals surface area contributed by atoms with Gasteiger partial charge in [0.2, 0.25) is 5.91 Å². The molecule has 5 nitrogen and oxygen atoms in total. The van der Waals surface area contributed by atoms with E-state index in [2.05, 4.69) is 4.90 Å². The van der Waals surface area contributed by atoms with Crippen molar-refractivity contribution in [1.82, 2.24) is 9.80 Å². The quantitative estimate of drug-likeness (QED) is 0.869. The Hall–Kier alpha value is -1.95. The first-order valence-corrected chi connectivity index (χ1v) is 7.51. The maximum Gasteiger partial charge on any atom is 0.303 e. The van der Waals surface area contributed by atoms with Crippen LogP contribution in [0.5, 0.6) is 0 Å². The second-order valence-electron chi connectivity index (χ2n) is 5.50. The monoisotopic (exact) mass is 308 g/mol. The summed E-state index contributed by atoms with van der Waals surface area (Å²) in [7, 11) is 0. The topological polar surface area (TPSA) is 60.9 Å². The van der Waals surface area contributed by atoms with Gasteiger partial charge in [-0.15, -0.1) is 0 Å². The highest BCUT2D eigenvalue weighted by molar-refractivity contribution is 5.77. The van der Waals surface area contributed by atoms with E-state index in [0.717, 1.165) is 0 Å². The Labute approximate surface area is 129 Å². The highest BCUT2D eigenvalue weighted by Crippen LogP contribution is 2.13. The Balaban J connectivity index is 1.74. The minimum absolute atomic E-state index is 0.00629. The SMILES string of the molecule is O=C(O)CCCC(=O)N1CCN(Cc2ccccc2F)CC1. The van der Waals surface area contributed by atoms with Crippen LogP contribution in [0.3, 0.4) is 0 Å². The van der Waals surface area contributed by atoms with Crippen molar-refractivity contribution in [1.29, 1.82) is 0 Å². The van der Waals surface area contributed by atoms with Crippen LogP contribution in [0.1, 0.15) is 24.8 Å². The van der Waals surface area contributed by atoms with E-state index < -0.39 is 5.97 Å². The molecule has 22 heavy (non-hydrogen) atoms. The Morgan fingerprint density at radius 1 is 1.09 bits per heavy atom. The van der Waals surface area contributed by atoms with E-state index >= 15 is 0 Å². The largest absolute Gasteiger partial charge is 0.481 e. The van der Waals surface area contributed by atoms with Crippen LogP contribution in [0, 0.1) is 5.82 Å². The molecule has 6 heteroatoms. The fourth-order valence-electron chi connectivity index (χ4n) is 2.57. The predicted molar refractivity (Wildman–Crippen MR) is 79.7 cm³/mol. The van der Waals surface area contributed by atoms with Crippen LogP contribution in [0.2, 0.25) is 0 Å². The molecule has 0 spiro atoms. The molecule has 1 N–H and O–H groups in total. The maximum absolute atomic E-state index is 13.6. The third kappa shape index (κ3) is 4.80. The molecule has 0 unspecified atom stereocenters. The molecule has 0 atom stereocenters. The zero-order valence-electron chi connectivity index (χ0n) is 12.5. The van der Waals surface area contributed by atoms with Crippen molar-refractivity contribution in [3.8, 4) is 0 Å². The molecule has 0 aliphatic carbocycles. The van der Waals surface area contributed by atoms with Gasteiger partial charge < -0.3 is 10.0 Å². The van der Waals surface area contributed by atoms with Crippen molar-refractivity contribution >= 4 is 11.9 Å². The zero-order valence-corrected chi connectivity index (χ0v) is 12.5. The normalized spacial score (nSPS) is 15.8. The summed E-state index contributed by atoms with van der Waals surface area (Å²) in [6.45, 7) is 3.19. The average Bonchev–Trinajstić information content (AvgIpc) is 2.50. The van der Waals surface area contributed by atoms with Crippen LogP contribution in [0.25, 0.3) is 0 Å². The number of carboxylic acid groups (broad SMARTS) is 1. The van der Waals surface area contributed by atoms with Gasteiger partial charge in [0.15, 0.2) is 0 Å². The molecule has 1 aromatic rings. The van der Waals surface area contributed by atoms with Gasteiger partial charge in [0.05, 0.1) is 0 Å². The van der Waals surface area contributed by atoms with Crippen molar-refractivity contribution in [3.05, 3.63) is 35.6 Å². The molecule has 0 saturated carbocycles. The molecular weight excluding hydrogens is 287 g/mol. The molecule has 1 aliphatic rings. The van der Waals surface area contributed by atoms with Gasteiger partial charge in [-0.1, -0.05) is 18.2 Å². The molecule has 1 amide bonds. The van der Waals surface area contributed by atoms with Gasteiger partial charge in [-0.25, -0.2) is 4.39 Å². The van der Waals surface area contributed by atoms with E-state index in [1.165, 1.54) is 6.07 Å². The molecule has 1 saturated heterocycles. The molecule has 120 valence electrons. The molecule has 0 aromatic heterocycles. The number of nitrogens with zero attached hydrogens (tertiary/aromatic N) is 2. The van der Waals surface area contributed by atoms with Gasteiger partial charge >= 0.3 is 5.97 Å². The van der Waals surface area contributed by atoms with Gasteiger partial charge in [0.25, 0.3) is 0 Å². The van der Waals surface area contributed by atoms with E-state index in [4.69, 9.17) is 5.11 Å². The number of halogens is 1. The number of rotatable bonds is 6. The van der Waals surface area contributed by atoms with Crippen molar-refractivity contribution in [2.45, 2.75) is 25.8 Å². The number of benzene rings is 1. The number of hydrogen-bond donors (Lipinski definition) is 1. The molecule has 0 bridgehead atoms. The van der Waals surface area contributed by atoms with E-state index in [9.17, 15) is 14.0 Å². The highest BCUT2D eigenvalue weighted by atomic mass is 19.1. The maximum atomic E-state index is 13.6. The standard InChI is InChI=1S/C16H21FN2O3/c17-14-5-2-1-4-13(14)12-18-8-10-19(11-9-18)15(20)6-3-7-16(21)22/h1-2,4-5H,3,6-12H2,(H,21,22). The number of carbonyl (C=O) groups is 2. The van der Waals surface area contributed by atoms with Crippen LogP contribution in [0.4, 0.5) is 4.39 Å². The van der Waals surface area contributed by atoms with E-state index in [1.54, 1.807) is 17.0 Å². The van der Waals surface area contributed by atoms with Crippen molar-refractivity contribution in [2.24, 2.45) is 0 Å². The van der Waals surface area contributed by atoms with Gasteiger partial charge in [-0.05, 0) is 12.5 Å². The summed E-state index contributed by atoms with van der Waals surface area (Å²) in [6, 6.07) is 6.73. The third-order valence-corrected chi connectivity index (χ3v) is 3.86. The van der Waals surface area contributed by atoms with E-state index in [-0.39, 0.29) is 24.6 Å². The van der Waals surface area contributed by atoms with Crippen molar-refractivity contribution in [2.75, 3.05) is 26.2 Å². The fraction of sp³-hybridized carbons (Fsp3) is 0.500. The predicted octanol–water partition coefficient (Wildman–Crippen LogP) is 1.72. The fourth-order valence-corrected chi connectivity index (χ4v) is 2.57. The summed E-state index contributed by atoms with van der Waals surface area (Å²) in [5.74, 6) is -1.07. The summed E-state index contributed by atoms with van der Waals surface area (Å²) >= 11 is 0. The second kappa shape index (κ2) is 7.89. The molecule has 2 rings (SSSR count). The van der Waals surface area contributed by atoms with Gasteiger partial charge in [-0.3, -0.25) is 14.5 Å². The van der Waals surface area contributed by atoms with Crippen LogP contribution in [-0.4, -0.2) is 53.0 Å². The summed E-state index contributed by atoms with van der Waals surface area (Å²) < 4.78 is 13.6. The summed E-state index contributed by atoms with van der Waals surface area (Å²) in [5.41, 5.74) is 0.670. The number of piperazine rings is 1. The van der Waals surface area contributed by atoms with Gasteiger partial charge in [-0.2, -0.15) is 0 Å². The first-order chi connectivity index (χ1) is 10.6. The Bertz CT molecular complexity index is 528. The Morgan fingerprint density at radius 3 is 2.41 bits per heavy atom. The minimum Gasteiger partial charge on any atom is -0.481 e. The lowest BCUT2D eigenvalue weighted by molar-refractivity contribution is -0.137. The van der Waals surface area contributed by atoms with E-state index in [1.807, 2.05) is 6.07 Å². The Morgan fingerprint density at radius 2 is 1.77 bits per heavy atom. The lowest BCUT2D eigenvalue weighted by Gasteiger charge is -2.34. The molecular formula is C16H21FN2O3. The zero-order chi connectivity index (χ0) is 15.9. The van der Waals surface area contributed by atoms with Crippen molar-refractivity contribution in [3.63, 3.8) is 0 Å². The lowest BCUT2D eigenvalue weighted by atomic mass is 10.1. The van der Waals surface area contributed by atoms with Gasteiger partial charge in [0.1, 0.15) is 5.82 Å². The summed E-state index contributed by atoms with van der Waals surface area (Å²) in [5, 5.41) is 8.57. The van der Waals surface area contributed by atoms with Crippen LogP contribution < -0.4 is 0 Å². The second-order valence-corrected chi connectivity index (χ2v) is 5.50. The average molecular weight is 308 g/mol. The summed E-state index contributed by atoms with van der Waals surface area (Å²) in [6.07, 6.45) is 0.683. The number of aliphatic carboxylic acids is 1. The van der Waals surface area contributed by atoms with Crippen molar-refractivity contribution < 1.29 is 19.1 Å². The van der Waals surface area contributed by atoms with Crippen LogP contribution in [-0.2, 0) is 16.1 Å². The third-order valence-electron chi connectivity index (χ3n) is 3.86. The Kier molecular flexibility index (Phi) is 5.89. The summed E-state index contributed by atoms with van der Waals surface area (Å²) in [4.78, 5) is 26.3. The highest BCUT2D eigenvalue weighted by Gasteiger charge is 2.21. The number of carbonyl (C=O) groups excluding carboxylic acids is 1. The first-order valence-electron chi connectivity index (χ1n) is 7.51. The number of amides is 1. The van der Waals surface area contributed by atoms with E-state index in [0.29, 0.717) is 44.7 Å². The number of carboxylic acids is 1. The molecule has 1 aliphatic heterocycles. The smallest absolute Gasteiger partial charge is 0.303 e. The minimum atomic E-state index is -0.873. The van der Waals surface area contributed by atoms with Gasteiger partial charge in [0, 0.05) is 51.1 Å². The van der Waals surface area contributed by atoms with Crippen LogP contribution >= 0.6 is 0 Å². The van der Waals surface area contributed by atoms with Crippen LogP contribution in [0.15, 0.2) is 24.3 Å². The molecule has 1 fully saturated rings. The number of hydrogen-bond acceptors (Lipinski definition) is 3. The molecule has 0 radical (unpaired) electrons. The first kappa shape index (κ1) is 16.4.